The number of hydrogen-bond donors (Lipinski definition) is 0. The fourth-order valence-electron chi connectivity index (χ4n) is 4.60. The van der Waals surface area contributed by atoms with Gasteiger partial charge in [-0.2, -0.15) is 0 Å². The monoisotopic (exact) mass is 433 g/mol. The van der Waals surface area contributed by atoms with E-state index in [-0.39, 0.29) is 0 Å². The summed E-state index contributed by atoms with van der Waals surface area (Å²) in [7, 11) is 0. The predicted octanol–water partition coefficient (Wildman–Crippen LogP) is 5.58. The van der Waals surface area contributed by atoms with E-state index >= 15 is 0 Å². The highest BCUT2D eigenvalue weighted by Crippen LogP contribution is 2.25. The van der Waals surface area contributed by atoms with Crippen LogP contribution in [0.3, 0.4) is 0 Å². The van der Waals surface area contributed by atoms with Crippen molar-refractivity contribution in [3.63, 3.8) is 0 Å². The first-order valence-corrected chi connectivity index (χ1v) is 11.5. The zero-order valence-electron chi connectivity index (χ0n) is 18.6. The van der Waals surface area contributed by atoms with Gasteiger partial charge in [-0.15, -0.1) is 0 Å². The normalized spacial score (nSPS) is 15.5. The molecule has 5 heteroatoms. The van der Waals surface area contributed by atoms with E-state index in [2.05, 4.69) is 122 Å². The Morgan fingerprint density at radius 1 is 0.606 bits per heavy atom. The molecular weight excluding hydrogens is 406 g/mol. The molecule has 0 N–H and O–H groups in total. The molecule has 0 spiro atoms. The van der Waals surface area contributed by atoms with Crippen LogP contribution in [0.1, 0.15) is 6.42 Å². The number of benzene rings is 3. The first kappa shape index (κ1) is 19.7. The van der Waals surface area contributed by atoms with Crippen LogP contribution in [-0.2, 0) is 0 Å². The lowest BCUT2D eigenvalue weighted by molar-refractivity contribution is 0.341. The summed E-state index contributed by atoms with van der Waals surface area (Å²) in [5.74, 6) is 1.00. The van der Waals surface area contributed by atoms with Crippen LogP contribution in [0, 0.1) is 0 Å². The number of aromatic nitrogens is 1. The second-order valence-corrected chi connectivity index (χ2v) is 8.72. The molecule has 2 aliphatic heterocycles. The molecule has 1 aromatic heterocycles. The first-order chi connectivity index (χ1) is 16.3. The summed E-state index contributed by atoms with van der Waals surface area (Å²) in [4.78, 5) is 13.9. The smallest absolute Gasteiger partial charge is 0.134 e. The molecule has 4 aromatic rings. The minimum absolute atomic E-state index is 0.852. The van der Waals surface area contributed by atoms with Crippen molar-refractivity contribution in [3.8, 4) is 0 Å². The maximum atomic E-state index is 4.65. The standard InChI is InChI=1S/C28H27N5/c1-2-7-24-18-27(11-10-23(24)6-1)32-16-14-30(21-32)12-5-13-31-15-17-33(22-31)28-19-25-8-3-4-9-26(25)20-29-28/h1-4,6-11,14-20H,5,12-13,21-22H2. The van der Waals surface area contributed by atoms with E-state index in [1.807, 2.05) is 6.20 Å². The number of anilines is 2. The van der Waals surface area contributed by atoms with Crippen LogP contribution >= 0.6 is 0 Å². The Bertz CT molecular complexity index is 1240. The molecule has 3 heterocycles. The molecule has 6 rings (SSSR count). The molecule has 0 saturated heterocycles. The lowest BCUT2D eigenvalue weighted by atomic mass is 10.1. The van der Waals surface area contributed by atoms with Gasteiger partial charge < -0.3 is 19.6 Å². The molecule has 33 heavy (non-hydrogen) atoms. The Morgan fingerprint density at radius 3 is 2.03 bits per heavy atom. The van der Waals surface area contributed by atoms with Gasteiger partial charge in [-0.1, -0.05) is 54.6 Å². The maximum absolute atomic E-state index is 4.65. The molecule has 0 unspecified atom stereocenters. The van der Waals surface area contributed by atoms with Crippen molar-refractivity contribution in [2.24, 2.45) is 0 Å². The topological polar surface area (TPSA) is 25.9 Å². The molecule has 0 radical (unpaired) electrons. The minimum Gasteiger partial charge on any atom is -0.358 e. The first-order valence-electron chi connectivity index (χ1n) is 11.5. The van der Waals surface area contributed by atoms with Gasteiger partial charge in [0, 0.05) is 55.2 Å². The van der Waals surface area contributed by atoms with Gasteiger partial charge in [-0.3, -0.25) is 0 Å². The van der Waals surface area contributed by atoms with Crippen LogP contribution < -0.4 is 9.80 Å². The van der Waals surface area contributed by atoms with Crippen molar-refractivity contribution < 1.29 is 0 Å². The summed E-state index contributed by atoms with van der Waals surface area (Å²) in [6.45, 7) is 3.83. The van der Waals surface area contributed by atoms with Crippen LogP contribution in [0.2, 0.25) is 0 Å². The highest BCUT2D eigenvalue weighted by molar-refractivity contribution is 5.86. The van der Waals surface area contributed by atoms with Crippen molar-refractivity contribution in [2.75, 3.05) is 36.2 Å². The zero-order valence-corrected chi connectivity index (χ0v) is 18.6. The molecule has 164 valence electrons. The van der Waals surface area contributed by atoms with Gasteiger partial charge in [0.05, 0.1) is 13.3 Å². The summed E-state index contributed by atoms with van der Waals surface area (Å²) < 4.78 is 0. The second kappa shape index (κ2) is 8.51. The predicted molar refractivity (Wildman–Crippen MR) is 137 cm³/mol. The van der Waals surface area contributed by atoms with Crippen LogP contribution in [0.15, 0.2) is 104 Å². The van der Waals surface area contributed by atoms with Gasteiger partial charge in [0.15, 0.2) is 0 Å². The Hall–Kier alpha value is -3.99. The Morgan fingerprint density at radius 2 is 1.24 bits per heavy atom. The quantitative estimate of drug-likeness (QED) is 0.395. The summed E-state index contributed by atoms with van der Waals surface area (Å²) in [6, 6.07) is 25.8. The summed E-state index contributed by atoms with van der Waals surface area (Å²) in [6.07, 6.45) is 11.8. The molecule has 0 atom stereocenters. The fourth-order valence-corrected chi connectivity index (χ4v) is 4.60. The molecule has 0 bridgehead atoms. The van der Waals surface area contributed by atoms with E-state index in [9.17, 15) is 0 Å². The van der Waals surface area contributed by atoms with Crippen molar-refractivity contribution in [2.45, 2.75) is 6.42 Å². The number of rotatable bonds is 6. The lowest BCUT2D eigenvalue weighted by Crippen LogP contribution is -2.30. The van der Waals surface area contributed by atoms with Crippen LogP contribution in [0.4, 0.5) is 11.5 Å². The van der Waals surface area contributed by atoms with Gasteiger partial charge in [-0.25, -0.2) is 4.98 Å². The third-order valence-electron chi connectivity index (χ3n) is 6.45. The highest BCUT2D eigenvalue weighted by atomic mass is 15.4. The van der Waals surface area contributed by atoms with E-state index in [0.717, 1.165) is 38.7 Å². The minimum atomic E-state index is 0.852. The van der Waals surface area contributed by atoms with Gasteiger partial charge in [0.2, 0.25) is 0 Å². The average molecular weight is 434 g/mol. The zero-order chi connectivity index (χ0) is 22.0. The second-order valence-electron chi connectivity index (χ2n) is 8.72. The SMILES string of the molecule is C1=CN(c2ccc3ccccc3c2)CN1CCCN1C=CN(c2cc3ccccc3cn2)C1. The summed E-state index contributed by atoms with van der Waals surface area (Å²) in [5, 5.41) is 4.98. The molecule has 0 saturated carbocycles. The molecule has 2 aliphatic rings. The van der Waals surface area contributed by atoms with E-state index in [1.165, 1.54) is 27.2 Å². The summed E-state index contributed by atoms with van der Waals surface area (Å²) in [5.41, 5.74) is 1.24. The van der Waals surface area contributed by atoms with Gasteiger partial charge >= 0.3 is 0 Å². The number of pyridine rings is 1. The Kier molecular flexibility index (Phi) is 5.07. The Labute approximate surface area is 194 Å². The van der Waals surface area contributed by atoms with E-state index in [0.29, 0.717) is 0 Å². The van der Waals surface area contributed by atoms with E-state index in [1.54, 1.807) is 0 Å². The number of hydrogen-bond acceptors (Lipinski definition) is 5. The van der Waals surface area contributed by atoms with Crippen LogP contribution in [0.5, 0.6) is 0 Å². The number of nitrogens with zero attached hydrogens (tertiary/aromatic N) is 5. The van der Waals surface area contributed by atoms with Crippen LogP contribution in [0.25, 0.3) is 21.5 Å². The van der Waals surface area contributed by atoms with Gasteiger partial charge in [0.1, 0.15) is 5.82 Å². The molecular formula is C28H27N5. The highest BCUT2D eigenvalue weighted by Gasteiger charge is 2.17. The van der Waals surface area contributed by atoms with Crippen molar-refractivity contribution >= 4 is 33.1 Å². The molecule has 0 aliphatic carbocycles. The molecule has 3 aromatic carbocycles. The van der Waals surface area contributed by atoms with E-state index in [4.69, 9.17) is 0 Å². The molecule has 5 nitrogen and oxygen atoms in total. The largest absolute Gasteiger partial charge is 0.358 e. The Balaban J connectivity index is 0.998. The maximum Gasteiger partial charge on any atom is 0.134 e. The average Bonchev–Trinajstić information content (AvgIpc) is 3.54. The van der Waals surface area contributed by atoms with Crippen molar-refractivity contribution in [1.82, 2.24) is 14.8 Å². The lowest BCUT2D eigenvalue weighted by Gasteiger charge is -2.24. The van der Waals surface area contributed by atoms with Crippen molar-refractivity contribution in [1.29, 1.82) is 0 Å². The van der Waals surface area contributed by atoms with Crippen LogP contribution in [-0.4, -0.2) is 41.2 Å². The van der Waals surface area contributed by atoms with Gasteiger partial charge in [0.25, 0.3) is 0 Å². The third-order valence-corrected chi connectivity index (χ3v) is 6.45. The third kappa shape index (κ3) is 4.10. The fraction of sp³-hybridized carbons (Fsp3) is 0.179. The number of fused-ring (bicyclic) bond motifs is 2. The summed E-state index contributed by atoms with van der Waals surface area (Å²) >= 11 is 0. The van der Waals surface area contributed by atoms with Crippen molar-refractivity contribution in [3.05, 3.63) is 104 Å². The van der Waals surface area contributed by atoms with E-state index < -0.39 is 0 Å². The molecule has 0 amide bonds. The van der Waals surface area contributed by atoms with Gasteiger partial charge in [-0.05, 0) is 40.8 Å². The molecule has 0 fully saturated rings.